The predicted octanol–water partition coefficient (Wildman–Crippen LogP) is 4.63. The van der Waals surface area contributed by atoms with Crippen LogP contribution >= 0.6 is 0 Å². The number of rotatable bonds is 4. The molecule has 0 aromatic heterocycles. The van der Waals surface area contributed by atoms with Crippen molar-refractivity contribution in [2.45, 2.75) is 44.9 Å². The Bertz CT molecular complexity index is 857. The van der Waals surface area contributed by atoms with Gasteiger partial charge in [0.2, 0.25) is 0 Å². The molecule has 2 aromatic carbocycles. The summed E-state index contributed by atoms with van der Waals surface area (Å²) in [4.78, 5) is 26.8. The Morgan fingerprint density at radius 1 is 0.966 bits per heavy atom. The summed E-state index contributed by atoms with van der Waals surface area (Å²) in [5.74, 6) is -0.140. The van der Waals surface area contributed by atoms with Crippen molar-refractivity contribution in [3.63, 3.8) is 0 Å². The molecule has 1 atom stereocenters. The molecular weight excluding hydrogens is 370 g/mol. The minimum Gasteiger partial charge on any atom is -0.465 e. The molecule has 1 aliphatic rings. The number of carbonyl (C=O) groups excluding carboxylic acids is 2. The molecule has 6 heteroatoms. The number of methoxy groups -OCH3 is 1. The van der Waals surface area contributed by atoms with Crippen LogP contribution in [0.15, 0.2) is 54.6 Å². The zero-order chi connectivity index (χ0) is 21.1. The number of benzene rings is 2. The molecule has 0 spiro atoms. The van der Waals surface area contributed by atoms with E-state index in [1.54, 1.807) is 32.9 Å². The Kier molecular flexibility index (Phi) is 5.82. The molecule has 1 heterocycles. The number of likely N-dealkylation sites (tertiary alicyclic amines) is 1. The molecule has 1 amide bonds. The number of carbonyl (C=O) groups is 2. The molecule has 1 unspecified atom stereocenters. The molecule has 2 aromatic rings. The summed E-state index contributed by atoms with van der Waals surface area (Å²) < 4.78 is 16.6. The van der Waals surface area contributed by atoms with Gasteiger partial charge in [-0.25, -0.2) is 9.59 Å². The second-order valence-corrected chi connectivity index (χ2v) is 8.00. The smallest absolute Gasteiger partial charge is 0.413 e. The second kappa shape index (κ2) is 8.15. The zero-order valence-corrected chi connectivity index (χ0v) is 17.3. The third-order valence-electron chi connectivity index (χ3n) is 4.70. The molecule has 6 nitrogen and oxygen atoms in total. The van der Waals surface area contributed by atoms with Crippen LogP contribution in [0, 0.1) is 0 Å². The minimum atomic E-state index is -1.54. The Labute approximate surface area is 171 Å². The van der Waals surface area contributed by atoms with E-state index in [0.29, 0.717) is 25.1 Å². The molecule has 0 N–H and O–H groups in total. The Hall–Kier alpha value is -3.02. The number of esters is 1. The zero-order valence-electron chi connectivity index (χ0n) is 17.3. The SMILES string of the molecule is COC(=O)C1(Oc2ccc(-c3ccccc3)cc2)CCCN1C(=O)OC(C)(C)C. The van der Waals surface area contributed by atoms with Crippen LogP contribution in [0.2, 0.25) is 0 Å². The van der Waals surface area contributed by atoms with E-state index in [1.165, 1.54) is 12.0 Å². The van der Waals surface area contributed by atoms with Gasteiger partial charge in [0.1, 0.15) is 11.4 Å². The summed E-state index contributed by atoms with van der Waals surface area (Å²) in [6.45, 7) is 5.70. The van der Waals surface area contributed by atoms with Crippen molar-refractivity contribution >= 4 is 12.1 Å². The standard InChI is InChI=1S/C23H27NO5/c1-22(2,3)29-21(26)24-16-8-15-23(24,20(25)27-4)28-19-13-11-18(12-14-19)17-9-6-5-7-10-17/h5-7,9-14H,8,15-16H2,1-4H3. The van der Waals surface area contributed by atoms with E-state index >= 15 is 0 Å². The molecule has 0 radical (unpaired) electrons. The van der Waals surface area contributed by atoms with E-state index < -0.39 is 23.4 Å². The molecule has 0 saturated carbocycles. The summed E-state index contributed by atoms with van der Waals surface area (Å²) in [6, 6.07) is 17.4. The van der Waals surface area contributed by atoms with E-state index in [9.17, 15) is 9.59 Å². The van der Waals surface area contributed by atoms with E-state index in [4.69, 9.17) is 14.2 Å². The van der Waals surface area contributed by atoms with Crippen LogP contribution in [-0.4, -0.2) is 41.9 Å². The van der Waals surface area contributed by atoms with Crippen molar-refractivity contribution in [1.82, 2.24) is 4.90 Å². The first kappa shape index (κ1) is 20.7. The summed E-state index contributed by atoms with van der Waals surface area (Å²) in [6.07, 6.45) is 0.344. The van der Waals surface area contributed by atoms with Gasteiger partial charge in [0, 0.05) is 13.0 Å². The maximum atomic E-state index is 12.7. The molecule has 3 rings (SSSR count). The van der Waals surface area contributed by atoms with Gasteiger partial charge in [-0.3, -0.25) is 4.90 Å². The molecule has 154 valence electrons. The van der Waals surface area contributed by atoms with E-state index in [2.05, 4.69) is 0 Å². The molecule has 1 saturated heterocycles. The lowest BCUT2D eigenvalue weighted by atomic mass is 10.1. The third kappa shape index (κ3) is 4.53. The number of ether oxygens (including phenoxy) is 3. The van der Waals surface area contributed by atoms with Crippen LogP contribution < -0.4 is 4.74 Å². The Morgan fingerprint density at radius 3 is 2.17 bits per heavy atom. The number of hydrogen-bond acceptors (Lipinski definition) is 5. The first-order valence-electron chi connectivity index (χ1n) is 9.69. The number of hydrogen-bond donors (Lipinski definition) is 0. The van der Waals surface area contributed by atoms with Gasteiger partial charge in [-0.1, -0.05) is 42.5 Å². The predicted molar refractivity (Wildman–Crippen MR) is 109 cm³/mol. The summed E-state index contributed by atoms with van der Waals surface area (Å²) in [5, 5.41) is 0. The Balaban J connectivity index is 1.87. The first-order valence-corrected chi connectivity index (χ1v) is 9.69. The van der Waals surface area contributed by atoms with Gasteiger partial charge in [0.05, 0.1) is 7.11 Å². The number of nitrogens with zero attached hydrogens (tertiary/aromatic N) is 1. The van der Waals surface area contributed by atoms with E-state index in [0.717, 1.165) is 11.1 Å². The van der Waals surface area contributed by atoms with E-state index in [-0.39, 0.29) is 0 Å². The largest absolute Gasteiger partial charge is 0.465 e. The van der Waals surface area contributed by atoms with Gasteiger partial charge in [-0.2, -0.15) is 0 Å². The van der Waals surface area contributed by atoms with Gasteiger partial charge in [0.25, 0.3) is 5.72 Å². The van der Waals surface area contributed by atoms with Crippen LogP contribution in [0.3, 0.4) is 0 Å². The van der Waals surface area contributed by atoms with E-state index in [1.807, 2.05) is 42.5 Å². The van der Waals surface area contributed by atoms with Crippen molar-refractivity contribution in [1.29, 1.82) is 0 Å². The lowest BCUT2D eigenvalue weighted by molar-refractivity contribution is -0.173. The highest BCUT2D eigenvalue weighted by Crippen LogP contribution is 2.35. The molecule has 29 heavy (non-hydrogen) atoms. The molecule has 0 bridgehead atoms. The normalized spacial score (nSPS) is 19.0. The summed E-state index contributed by atoms with van der Waals surface area (Å²) >= 11 is 0. The molecule has 0 aliphatic carbocycles. The first-order chi connectivity index (χ1) is 13.7. The third-order valence-corrected chi connectivity index (χ3v) is 4.70. The second-order valence-electron chi connectivity index (χ2n) is 8.00. The monoisotopic (exact) mass is 397 g/mol. The highest BCUT2D eigenvalue weighted by molar-refractivity contribution is 5.85. The minimum absolute atomic E-state index is 0.333. The van der Waals surface area contributed by atoms with Gasteiger partial charge in [0.15, 0.2) is 0 Å². The van der Waals surface area contributed by atoms with Crippen molar-refractivity contribution in [2.75, 3.05) is 13.7 Å². The summed E-state index contributed by atoms with van der Waals surface area (Å²) in [7, 11) is 1.29. The fourth-order valence-electron chi connectivity index (χ4n) is 3.41. The van der Waals surface area contributed by atoms with Crippen molar-refractivity contribution in [3.05, 3.63) is 54.6 Å². The maximum Gasteiger partial charge on any atom is 0.413 e. The lowest BCUT2D eigenvalue weighted by Crippen LogP contribution is -2.58. The highest BCUT2D eigenvalue weighted by atomic mass is 16.6. The van der Waals surface area contributed by atoms with Gasteiger partial charge in [-0.15, -0.1) is 0 Å². The van der Waals surface area contributed by atoms with Gasteiger partial charge in [-0.05, 0) is 50.5 Å². The van der Waals surface area contributed by atoms with Crippen molar-refractivity contribution < 1.29 is 23.8 Å². The van der Waals surface area contributed by atoms with Crippen molar-refractivity contribution in [3.8, 4) is 16.9 Å². The van der Waals surface area contributed by atoms with Gasteiger partial charge < -0.3 is 14.2 Å². The maximum absolute atomic E-state index is 12.7. The van der Waals surface area contributed by atoms with Crippen LogP contribution in [0.1, 0.15) is 33.6 Å². The number of amides is 1. The molecule has 1 fully saturated rings. The average molecular weight is 397 g/mol. The topological polar surface area (TPSA) is 65.1 Å². The molecule has 1 aliphatic heterocycles. The van der Waals surface area contributed by atoms with Crippen molar-refractivity contribution in [2.24, 2.45) is 0 Å². The van der Waals surface area contributed by atoms with Gasteiger partial charge >= 0.3 is 12.1 Å². The quantitative estimate of drug-likeness (QED) is 0.704. The van der Waals surface area contributed by atoms with Crippen LogP contribution in [0.25, 0.3) is 11.1 Å². The fraction of sp³-hybridized carbons (Fsp3) is 0.391. The lowest BCUT2D eigenvalue weighted by Gasteiger charge is -2.36. The average Bonchev–Trinajstić information content (AvgIpc) is 3.12. The highest BCUT2D eigenvalue weighted by Gasteiger charge is 2.54. The summed E-state index contributed by atoms with van der Waals surface area (Å²) in [5.41, 5.74) is -0.108. The van der Waals surface area contributed by atoms with Crippen LogP contribution in [0.5, 0.6) is 5.75 Å². The Morgan fingerprint density at radius 2 is 1.59 bits per heavy atom. The van der Waals surface area contributed by atoms with Crippen LogP contribution in [0.4, 0.5) is 4.79 Å². The fourth-order valence-corrected chi connectivity index (χ4v) is 3.41. The molecular formula is C23H27NO5. The van der Waals surface area contributed by atoms with Crippen LogP contribution in [-0.2, 0) is 14.3 Å².